The van der Waals surface area contributed by atoms with Gasteiger partial charge in [0.25, 0.3) is 0 Å². The molecule has 22 heavy (non-hydrogen) atoms. The summed E-state index contributed by atoms with van der Waals surface area (Å²) >= 11 is 0. The van der Waals surface area contributed by atoms with Crippen molar-refractivity contribution < 1.29 is 4.79 Å². The number of fused-ring (bicyclic) bond motifs is 1. The minimum absolute atomic E-state index is 0.140. The molecule has 0 saturated heterocycles. The van der Waals surface area contributed by atoms with Crippen LogP contribution in [0.25, 0.3) is 5.65 Å². The molecule has 2 aromatic heterocycles. The van der Waals surface area contributed by atoms with Crippen LogP contribution in [0.4, 0.5) is 4.79 Å². The van der Waals surface area contributed by atoms with Gasteiger partial charge in [0.05, 0.1) is 6.54 Å². The quantitative estimate of drug-likeness (QED) is 0.805. The van der Waals surface area contributed by atoms with Crippen molar-refractivity contribution in [2.75, 3.05) is 6.54 Å². The normalized spacial score (nSPS) is 15.3. The zero-order valence-electron chi connectivity index (χ0n) is 12.8. The topological polar surface area (TPSA) is 71.3 Å². The summed E-state index contributed by atoms with van der Waals surface area (Å²) in [4.78, 5) is 11.8. The third-order valence-electron chi connectivity index (χ3n) is 4.34. The van der Waals surface area contributed by atoms with E-state index in [1.54, 1.807) is 0 Å². The number of pyridine rings is 1. The number of amides is 2. The van der Waals surface area contributed by atoms with Gasteiger partial charge in [0, 0.05) is 12.7 Å². The zero-order valence-corrected chi connectivity index (χ0v) is 12.8. The van der Waals surface area contributed by atoms with Crippen LogP contribution in [0.2, 0.25) is 0 Å². The van der Waals surface area contributed by atoms with E-state index in [9.17, 15) is 4.79 Å². The van der Waals surface area contributed by atoms with E-state index in [4.69, 9.17) is 0 Å². The number of carbonyl (C=O) groups is 1. The molecule has 0 spiro atoms. The average molecular weight is 301 g/mol. The molecular weight excluding hydrogens is 278 g/mol. The molecule has 0 bridgehead atoms. The second-order valence-electron chi connectivity index (χ2n) is 5.95. The summed E-state index contributed by atoms with van der Waals surface area (Å²) in [5, 5.41) is 13.9. The van der Waals surface area contributed by atoms with Crippen molar-refractivity contribution in [3.05, 3.63) is 30.2 Å². The first-order valence-corrected chi connectivity index (χ1v) is 8.13. The van der Waals surface area contributed by atoms with E-state index >= 15 is 0 Å². The Labute approximate surface area is 130 Å². The van der Waals surface area contributed by atoms with E-state index in [1.807, 2.05) is 28.8 Å². The molecule has 0 aliphatic heterocycles. The summed E-state index contributed by atoms with van der Waals surface area (Å²) in [6.45, 7) is 1.11. The fourth-order valence-electron chi connectivity index (χ4n) is 3.13. The molecule has 0 atom stereocenters. The maximum absolute atomic E-state index is 11.8. The van der Waals surface area contributed by atoms with Crippen LogP contribution >= 0.6 is 0 Å². The van der Waals surface area contributed by atoms with E-state index in [1.165, 1.54) is 32.1 Å². The maximum Gasteiger partial charge on any atom is 0.315 e. The van der Waals surface area contributed by atoms with E-state index in [0.29, 0.717) is 6.54 Å². The molecule has 6 nitrogen and oxygen atoms in total. The summed E-state index contributed by atoms with van der Waals surface area (Å²) in [5.74, 6) is 1.61. The van der Waals surface area contributed by atoms with E-state index < -0.39 is 0 Å². The molecule has 2 amide bonds. The molecule has 6 heteroatoms. The first-order valence-electron chi connectivity index (χ1n) is 8.13. The van der Waals surface area contributed by atoms with Crippen LogP contribution in [0.3, 0.4) is 0 Å². The van der Waals surface area contributed by atoms with Crippen LogP contribution in [0, 0.1) is 5.92 Å². The number of nitrogens with zero attached hydrogens (tertiary/aromatic N) is 3. The Kier molecular flexibility index (Phi) is 4.88. The third-order valence-corrected chi connectivity index (χ3v) is 4.34. The molecule has 2 heterocycles. The van der Waals surface area contributed by atoms with Crippen molar-refractivity contribution in [2.45, 2.75) is 45.1 Å². The Bertz CT molecular complexity index is 618. The molecule has 0 radical (unpaired) electrons. The number of aromatic nitrogens is 3. The summed E-state index contributed by atoms with van der Waals surface area (Å²) in [5.41, 5.74) is 0.788. The fraction of sp³-hybridized carbons (Fsp3) is 0.562. The lowest BCUT2D eigenvalue weighted by Crippen LogP contribution is -2.36. The Hall–Kier alpha value is -2.11. The zero-order chi connectivity index (χ0) is 15.2. The molecule has 1 aliphatic rings. The second-order valence-corrected chi connectivity index (χ2v) is 5.95. The van der Waals surface area contributed by atoms with Crippen LogP contribution in [-0.4, -0.2) is 27.2 Å². The lowest BCUT2D eigenvalue weighted by Gasteiger charge is -2.10. The largest absolute Gasteiger partial charge is 0.338 e. The van der Waals surface area contributed by atoms with Gasteiger partial charge >= 0.3 is 6.03 Å². The van der Waals surface area contributed by atoms with Gasteiger partial charge in [-0.05, 0) is 30.9 Å². The van der Waals surface area contributed by atoms with Crippen molar-refractivity contribution >= 4 is 11.7 Å². The van der Waals surface area contributed by atoms with Gasteiger partial charge in [0.15, 0.2) is 11.5 Å². The van der Waals surface area contributed by atoms with E-state index in [2.05, 4.69) is 20.8 Å². The predicted molar refractivity (Wildman–Crippen MR) is 84.4 cm³/mol. The molecule has 1 aliphatic carbocycles. The highest BCUT2D eigenvalue weighted by Crippen LogP contribution is 2.28. The van der Waals surface area contributed by atoms with Crippen LogP contribution in [0.1, 0.15) is 44.3 Å². The van der Waals surface area contributed by atoms with Crippen molar-refractivity contribution in [2.24, 2.45) is 5.92 Å². The molecule has 118 valence electrons. The maximum atomic E-state index is 11.8. The number of rotatable bonds is 6. The lowest BCUT2D eigenvalue weighted by molar-refractivity contribution is 0.239. The molecule has 0 unspecified atom stereocenters. The Morgan fingerprint density at radius 3 is 2.95 bits per heavy atom. The van der Waals surface area contributed by atoms with Crippen LogP contribution in [0.5, 0.6) is 0 Å². The standard InChI is InChI=1S/C16H23N5O/c22-16(17-10-5-8-13-6-1-2-7-13)18-12-15-20-19-14-9-3-4-11-21(14)15/h3-4,9,11,13H,1-2,5-8,10,12H2,(H2,17,18,22). The van der Waals surface area contributed by atoms with E-state index in [-0.39, 0.29) is 6.03 Å². The third kappa shape index (κ3) is 3.75. The predicted octanol–water partition coefficient (Wildman–Crippen LogP) is 2.50. The van der Waals surface area contributed by atoms with Gasteiger partial charge in [-0.3, -0.25) is 4.40 Å². The van der Waals surface area contributed by atoms with Gasteiger partial charge in [-0.2, -0.15) is 0 Å². The number of nitrogens with one attached hydrogen (secondary N) is 2. The van der Waals surface area contributed by atoms with Gasteiger partial charge < -0.3 is 10.6 Å². The van der Waals surface area contributed by atoms with Gasteiger partial charge in [0.2, 0.25) is 0 Å². The smallest absolute Gasteiger partial charge is 0.315 e. The van der Waals surface area contributed by atoms with Crippen molar-refractivity contribution in [3.8, 4) is 0 Å². The lowest BCUT2D eigenvalue weighted by atomic mass is 10.0. The highest BCUT2D eigenvalue weighted by atomic mass is 16.2. The monoisotopic (exact) mass is 301 g/mol. The number of carbonyl (C=O) groups excluding carboxylic acids is 1. The Balaban J connectivity index is 1.37. The highest BCUT2D eigenvalue weighted by molar-refractivity contribution is 5.73. The van der Waals surface area contributed by atoms with E-state index in [0.717, 1.165) is 30.4 Å². The van der Waals surface area contributed by atoms with Crippen molar-refractivity contribution in [1.29, 1.82) is 0 Å². The average Bonchev–Trinajstić information content (AvgIpc) is 3.19. The summed E-state index contributed by atoms with van der Waals surface area (Å²) < 4.78 is 1.88. The highest BCUT2D eigenvalue weighted by Gasteiger charge is 2.14. The second kappa shape index (κ2) is 7.24. The fourth-order valence-corrected chi connectivity index (χ4v) is 3.13. The Morgan fingerprint density at radius 1 is 1.23 bits per heavy atom. The van der Waals surface area contributed by atoms with Gasteiger partial charge in [-0.25, -0.2) is 4.79 Å². The Morgan fingerprint density at radius 2 is 2.09 bits per heavy atom. The first-order chi connectivity index (χ1) is 10.8. The van der Waals surface area contributed by atoms with Crippen LogP contribution in [-0.2, 0) is 6.54 Å². The molecular formula is C16H23N5O. The molecule has 3 rings (SSSR count). The van der Waals surface area contributed by atoms with Gasteiger partial charge in [0.1, 0.15) is 0 Å². The summed E-state index contributed by atoms with van der Waals surface area (Å²) in [7, 11) is 0. The number of hydrogen-bond acceptors (Lipinski definition) is 3. The minimum atomic E-state index is -0.140. The van der Waals surface area contributed by atoms with Crippen LogP contribution < -0.4 is 10.6 Å². The van der Waals surface area contributed by atoms with Crippen LogP contribution in [0.15, 0.2) is 24.4 Å². The number of urea groups is 1. The summed E-state index contributed by atoms with van der Waals surface area (Å²) in [6.07, 6.45) is 9.68. The summed E-state index contributed by atoms with van der Waals surface area (Å²) in [6, 6.07) is 5.58. The number of hydrogen-bond donors (Lipinski definition) is 2. The molecule has 2 aromatic rings. The molecule has 2 N–H and O–H groups in total. The van der Waals surface area contributed by atoms with Gasteiger partial charge in [-0.15, -0.1) is 10.2 Å². The molecule has 1 fully saturated rings. The minimum Gasteiger partial charge on any atom is -0.338 e. The molecule has 1 saturated carbocycles. The van der Waals surface area contributed by atoms with Gasteiger partial charge in [-0.1, -0.05) is 31.7 Å². The molecule has 0 aromatic carbocycles. The van der Waals surface area contributed by atoms with Crippen molar-refractivity contribution in [1.82, 2.24) is 25.2 Å². The SMILES string of the molecule is O=C(NCCCC1CCCC1)NCc1nnc2ccccn12. The first kappa shape index (κ1) is 14.8. The van der Waals surface area contributed by atoms with Crippen molar-refractivity contribution in [3.63, 3.8) is 0 Å².